The molecule has 1 fully saturated rings. The van der Waals surface area contributed by atoms with Crippen LogP contribution < -0.4 is 10.2 Å². The van der Waals surface area contributed by atoms with Crippen molar-refractivity contribution in [3.8, 4) is 0 Å². The molecule has 0 saturated carbocycles. The van der Waals surface area contributed by atoms with Crippen LogP contribution in [0.4, 0.5) is 16.2 Å². The molecule has 1 saturated heterocycles. The van der Waals surface area contributed by atoms with Gasteiger partial charge in [-0.2, -0.15) is 0 Å². The van der Waals surface area contributed by atoms with E-state index in [4.69, 9.17) is 9.15 Å². The molecule has 110 valence electrons. The number of benzene rings is 1. The van der Waals surface area contributed by atoms with Crippen molar-refractivity contribution in [3.05, 3.63) is 47.9 Å². The predicted octanol–water partition coefficient (Wildman–Crippen LogP) is 3.72. The Morgan fingerprint density at radius 3 is 2.81 bits per heavy atom. The van der Waals surface area contributed by atoms with E-state index in [1.807, 2.05) is 50.2 Å². The molecule has 1 aliphatic rings. The maximum absolute atomic E-state index is 11.6. The molecule has 21 heavy (non-hydrogen) atoms. The molecular weight excluding hydrogens is 268 g/mol. The summed E-state index contributed by atoms with van der Waals surface area (Å²) >= 11 is 0. The van der Waals surface area contributed by atoms with Crippen LogP contribution in [0.2, 0.25) is 0 Å². The number of carbonyl (C=O) groups excluding carboxylic acids is 1. The van der Waals surface area contributed by atoms with Crippen LogP contribution in [0, 0.1) is 6.92 Å². The first-order valence-electron chi connectivity index (χ1n) is 7.01. The number of amides is 1. The second kappa shape index (κ2) is 5.52. The summed E-state index contributed by atoms with van der Waals surface area (Å²) in [6.45, 7) is 5.00. The molecule has 0 bridgehead atoms. The number of nitrogens with zero attached hydrogens (tertiary/aromatic N) is 1. The molecule has 1 atom stereocenters. The van der Waals surface area contributed by atoms with Gasteiger partial charge in [0.15, 0.2) is 0 Å². The minimum absolute atomic E-state index is 0.0551. The zero-order valence-electron chi connectivity index (χ0n) is 12.1. The van der Waals surface area contributed by atoms with E-state index in [2.05, 4.69) is 5.32 Å². The highest BCUT2D eigenvalue weighted by atomic mass is 16.6. The average Bonchev–Trinajstić information content (AvgIpc) is 3.08. The summed E-state index contributed by atoms with van der Waals surface area (Å²) in [6, 6.07) is 11.7. The number of nitrogens with one attached hydrogen (secondary N) is 1. The van der Waals surface area contributed by atoms with E-state index >= 15 is 0 Å². The summed E-state index contributed by atoms with van der Waals surface area (Å²) in [7, 11) is 0. The van der Waals surface area contributed by atoms with Crippen LogP contribution in [0.5, 0.6) is 0 Å². The van der Waals surface area contributed by atoms with Gasteiger partial charge in [-0.15, -0.1) is 0 Å². The van der Waals surface area contributed by atoms with Gasteiger partial charge in [-0.05, 0) is 44.2 Å². The Balaban J connectivity index is 1.75. The fourth-order valence-electron chi connectivity index (χ4n) is 2.40. The maximum atomic E-state index is 11.6. The Kier molecular flexibility index (Phi) is 3.56. The third-order valence-electron chi connectivity index (χ3n) is 3.49. The number of furan rings is 1. The third-order valence-corrected chi connectivity index (χ3v) is 3.49. The molecule has 2 aromatic rings. The standard InChI is InChI=1S/C16H18N2O3/c1-11-6-7-15(21-11)12(2)17-13-4-3-5-14(10-13)18-8-9-20-16(18)19/h3-7,10,12,17H,8-9H2,1-2H3. The largest absolute Gasteiger partial charge is 0.464 e. The van der Waals surface area contributed by atoms with Gasteiger partial charge in [-0.3, -0.25) is 4.90 Å². The number of carbonyl (C=O) groups is 1. The van der Waals surface area contributed by atoms with Crippen molar-refractivity contribution in [2.24, 2.45) is 0 Å². The van der Waals surface area contributed by atoms with E-state index in [0.717, 1.165) is 22.9 Å². The predicted molar refractivity (Wildman–Crippen MR) is 80.6 cm³/mol. The summed E-state index contributed by atoms with van der Waals surface area (Å²) in [6.07, 6.45) is -0.290. The number of hydrogen-bond donors (Lipinski definition) is 1. The average molecular weight is 286 g/mol. The molecule has 1 aliphatic heterocycles. The fourth-order valence-corrected chi connectivity index (χ4v) is 2.40. The van der Waals surface area contributed by atoms with Crippen LogP contribution in [0.3, 0.4) is 0 Å². The van der Waals surface area contributed by atoms with E-state index in [1.54, 1.807) is 4.90 Å². The molecule has 1 unspecified atom stereocenters. The molecule has 1 amide bonds. The first kappa shape index (κ1) is 13.5. The maximum Gasteiger partial charge on any atom is 0.414 e. The van der Waals surface area contributed by atoms with E-state index in [9.17, 15) is 4.79 Å². The molecule has 5 heteroatoms. The Labute approximate surface area is 123 Å². The zero-order chi connectivity index (χ0) is 14.8. The lowest BCUT2D eigenvalue weighted by atomic mass is 10.2. The Morgan fingerprint density at radius 2 is 2.14 bits per heavy atom. The quantitative estimate of drug-likeness (QED) is 0.930. The minimum Gasteiger partial charge on any atom is -0.464 e. The minimum atomic E-state index is -0.290. The molecule has 1 aromatic heterocycles. The van der Waals surface area contributed by atoms with Crippen molar-refractivity contribution in [1.82, 2.24) is 0 Å². The van der Waals surface area contributed by atoms with Gasteiger partial charge in [0.1, 0.15) is 18.1 Å². The smallest absolute Gasteiger partial charge is 0.414 e. The summed E-state index contributed by atoms with van der Waals surface area (Å²) in [4.78, 5) is 13.2. The molecule has 1 N–H and O–H groups in total. The summed E-state index contributed by atoms with van der Waals surface area (Å²) in [5, 5.41) is 3.38. The van der Waals surface area contributed by atoms with Gasteiger partial charge in [0.2, 0.25) is 0 Å². The molecule has 5 nitrogen and oxygen atoms in total. The van der Waals surface area contributed by atoms with Gasteiger partial charge in [0.05, 0.1) is 12.6 Å². The highest BCUT2D eigenvalue weighted by Crippen LogP contribution is 2.26. The van der Waals surface area contributed by atoms with Gasteiger partial charge in [0.25, 0.3) is 0 Å². The van der Waals surface area contributed by atoms with Crippen LogP contribution in [0.15, 0.2) is 40.8 Å². The monoisotopic (exact) mass is 286 g/mol. The van der Waals surface area contributed by atoms with Crippen LogP contribution in [-0.2, 0) is 4.74 Å². The summed E-state index contributed by atoms with van der Waals surface area (Å²) < 4.78 is 10.6. The molecule has 0 spiro atoms. The lowest BCUT2D eigenvalue weighted by molar-refractivity contribution is 0.181. The molecular formula is C16H18N2O3. The van der Waals surface area contributed by atoms with Crippen molar-refractivity contribution >= 4 is 17.5 Å². The van der Waals surface area contributed by atoms with E-state index in [1.165, 1.54) is 0 Å². The van der Waals surface area contributed by atoms with Crippen molar-refractivity contribution in [3.63, 3.8) is 0 Å². The molecule has 0 aliphatic carbocycles. The van der Waals surface area contributed by atoms with Crippen LogP contribution in [-0.4, -0.2) is 19.2 Å². The molecule has 3 rings (SSSR count). The lowest BCUT2D eigenvalue weighted by Crippen LogP contribution is -2.23. The summed E-state index contributed by atoms with van der Waals surface area (Å²) in [5.41, 5.74) is 1.78. The first-order valence-corrected chi connectivity index (χ1v) is 7.01. The Hall–Kier alpha value is -2.43. The number of ether oxygens (including phenoxy) is 1. The fraction of sp³-hybridized carbons (Fsp3) is 0.312. The second-order valence-electron chi connectivity index (χ2n) is 5.13. The highest BCUT2D eigenvalue weighted by Gasteiger charge is 2.23. The normalized spacial score (nSPS) is 15.9. The number of aryl methyl sites for hydroxylation is 1. The third kappa shape index (κ3) is 2.86. The van der Waals surface area contributed by atoms with Crippen molar-refractivity contribution in [1.29, 1.82) is 0 Å². The Morgan fingerprint density at radius 1 is 1.29 bits per heavy atom. The first-order chi connectivity index (χ1) is 10.1. The summed E-state index contributed by atoms with van der Waals surface area (Å²) in [5.74, 6) is 1.78. The number of rotatable bonds is 4. The van der Waals surface area contributed by atoms with Gasteiger partial charge in [-0.1, -0.05) is 6.07 Å². The molecule has 2 heterocycles. The lowest BCUT2D eigenvalue weighted by Gasteiger charge is -2.17. The van der Waals surface area contributed by atoms with Crippen LogP contribution in [0.25, 0.3) is 0 Å². The van der Waals surface area contributed by atoms with Crippen molar-refractivity contribution in [2.45, 2.75) is 19.9 Å². The number of anilines is 2. The molecule has 1 aromatic carbocycles. The van der Waals surface area contributed by atoms with Crippen molar-refractivity contribution in [2.75, 3.05) is 23.4 Å². The van der Waals surface area contributed by atoms with Gasteiger partial charge in [-0.25, -0.2) is 4.79 Å². The van der Waals surface area contributed by atoms with E-state index in [-0.39, 0.29) is 12.1 Å². The van der Waals surface area contributed by atoms with Crippen molar-refractivity contribution < 1.29 is 13.9 Å². The van der Waals surface area contributed by atoms with Crippen LogP contribution >= 0.6 is 0 Å². The SMILES string of the molecule is Cc1ccc(C(C)Nc2cccc(N3CCOC3=O)c2)o1. The zero-order valence-corrected chi connectivity index (χ0v) is 12.1. The van der Waals surface area contributed by atoms with E-state index in [0.29, 0.717) is 13.2 Å². The Bertz CT molecular complexity index is 650. The topological polar surface area (TPSA) is 54.7 Å². The number of hydrogen-bond acceptors (Lipinski definition) is 4. The highest BCUT2D eigenvalue weighted by molar-refractivity contribution is 5.89. The van der Waals surface area contributed by atoms with Crippen LogP contribution in [0.1, 0.15) is 24.5 Å². The van der Waals surface area contributed by atoms with Gasteiger partial charge < -0.3 is 14.5 Å². The molecule has 0 radical (unpaired) electrons. The second-order valence-corrected chi connectivity index (χ2v) is 5.13. The number of cyclic esters (lactones) is 1. The van der Waals surface area contributed by atoms with E-state index < -0.39 is 0 Å². The van der Waals surface area contributed by atoms with Gasteiger partial charge in [0, 0.05) is 11.4 Å². The van der Waals surface area contributed by atoms with Gasteiger partial charge >= 0.3 is 6.09 Å².